The van der Waals surface area contributed by atoms with Crippen molar-refractivity contribution in [2.75, 3.05) is 20.6 Å². The number of Topliss-reactive ketones (excluding diaryl/α,β-unsaturated/α-hetero) is 2. The largest absolute Gasteiger partial charge is 0.456 e. The quantitative estimate of drug-likeness (QED) is 0.0259. The van der Waals surface area contributed by atoms with Gasteiger partial charge in [0.25, 0.3) is 5.60 Å². The van der Waals surface area contributed by atoms with Gasteiger partial charge in [-0.25, -0.2) is 0 Å². The van der Waals surface area contributed by atoms with Crippen molar-refractivity contribution in [3.8, 4) is 0 Å². The molecule has 1 atom stereocenters. The number of ether oxygens (including phenoxy) is 2. The number of likely N-dealkylation sites (N-methyl/N-ethyl adjacent to an activating group) is 1. The lowest BCUT2D eigenvalue weighted by Gasteiger charge is -2.38. The summed E-state index contributed by atoms with van der Waals surface area (Å²) in [5.74, 6) is -1.78. The number of carbonyl (C=O) groups is 4. The highest BCUT2D eigenvalue weighted by Crippen LogP contribution is 2.31. The Bertz CT molecular complexity index is 1530. The molecule has 0 fully saturated rings. The Morgan fingerprint density at radius 2 is 0.512 bits per heavy atom. The minimum absolute atomic E-state index is 0.104. The van der Waals surface area contributed by atoms with E-state index in [4.69, 9.17) is 9.47 Å². The molecule has 0 aromatic rings. The fourth-order valence-corrected chi connectivity index (χ4v) is 11.5. The van der Waals surface area contributed by atoms with Gasteiger partial charge in [-0.1, -0.05) is 282 Å². The van der Waals surface area contributed by atoms with Gasteiger partial charge >= 0.3 is 11.9 Å². The van der Waals surface area contributed by atoms with Crippen LogP contribution in [0.3, 0.4) is 0 Å². The molecule has 0 aliphatic carbocycles. The first-order valence-corrected chi connectivity index (χ1v) is 36.9. The maximum atomic E-state index is 15.1. The molecule has 0 heterocycles. The van der Waals surface area contributed by atoms with Gasteiger partial charge in [-0.15, -0.1) is 0 Å². The highest BCUT2D eigenvalue weighted by atomic mass is 16.6. The summed E-state index contributed by atoms with van der Waals surface area (Å²) in [7, 11) is 3.73. The first kappa shape index (κ1) is 81.2. The van der Waals surface area contributed by atoms with Crippen molar-refractivity contribution < 1.29 is 28.7 Å². The van der Waals surface area contributed by atoms with Crippen molar-refractivity contribution in [2.24, 2.45) is 0 Å². The van der Waals surface area contributed by atoms with Crippen LogP contribution < -0.4 is 0 Å². The zero-order chi connectivity index (χ0) is 61.3. The van der Waals surface area contributed by atoms with E-state index in [0.717, 1.165) is 141 Å². The van der Waals surface area contributed by atoms with Crippen LogP contribution >= 0.6 is 0 Å². The summed E-state index contributed by atoms with van der Waals surface area (Å²) < 4.78 is 12.8. The second-order valence-corrected chi connectivity index (χ2v) is 25.6. The lowest BCUT2D eigenvalue weighted by molar-refractivity contribution is -0.194. The minimum Gasteiger partial charge on any atom is -0.456 e. The highest BCUT2D eigenvalue weighted by Gasteiger charge is 2.56. The van der Waals surface area contributed by atoms with Crippen molar-refractivity contribution >= 4 is 23.5 Å². The number of ketones is 2. The third kappa shape index (κ3) is 52.3. The van der Waals surface area contributed by atoms with Crippen LogP contribution in [0.4, 0.5) is 0 Å². The van der Waals surface area contributed by atoms with Crippen LogP contribution in [0.15, 0.2) is 48.6 Å². The molecule has 7 heteroatoms. The maximum Gasteiger partial charge on any atom is 0.307 e. The standard InChI is InChI=1S/C77H141NO6/c1-7-11-15-19-23-27-31-35-39-43-47-51-55-59-63-67-72(79)77(73(80)68-64-60-56-52-48-44-40-36-32-28-24-20-16-12-8-2,84-76(82)70-66-62-58-54-50-46-42-38-34-30-26-22-18-14-10-4)74(71-78(5)6)83-75(81)69-65-61-57-53-49-45-41-37-33-29-25-21-17-13-9-3/h35-42,74H,7-34,43-71H2,1-6H3/b39-35-,40-36-,41-37-,42-38-. The van der Waals surface area contributed by atoms with Crippen molar-refractivity contribution in [3.05, 3.63) is 48.6 Å². The predicted octanol–water partition coefficient (Wildman–Crippen LogP) is 24.0. The Morgan fingerprint density at radius 3 is 0.762 bits per heavy atom. The monoisotopic (exact) mass is 1180 g/mol. The van der Waals surface area contributed by atoms with E-state index in [1.807, 2.05) is 19.0 Å². The average Bonchev–Trinajstić information content (AvgIpc) is 1.57. The number of esters is 2. The van der Waals surface area contributed by atoms with E-state index in [9.17, 15) is 9.59 Å². The Labute approximate surface area is 522 Å². The molecule has 0 aliphatic rings. The molecular weight excluding hydrogens is 1030 g/mol. The van der Waals surface area contributed by atoms with Gasteiger partial charge in [0.15, 0.2) is 17.7 Å². The van der Waals surface area contributed by atoms with Gasteiger partial charge in [0.1, 0.15) is 0 Å². The summed E-state index contributed by atoms with van der Waals surface area (Å²) in [6.07, 6.45) is 77.7. The van der Waals surface area contributed by atoms with Gasteiger partial charge in [-0.05, 0) is 143 Å². The Hall–Kier alpha value is -2.80. The molecule has 0 aromatic heterocycles. The smallest absolute Gasteiger partial charge is 0.307 e. The van der Waals surface area contributed by atoms with Crippen molar-refractivity contribution in [3.63, 3.8) is 0 Å². The van der Waals surface area contributed by atoms with Gasteiger partial charge in [0.2, 0.25) is 0 Å². The summed E-state index contributed by atoms with van der Waals surface area (Å²) in [4.78, 5) is 60.3. The zero-order valence-electron chi connectivity index (χ0n) is 56.9. The lowest BCUT2D eigenvalue weighted by atomic mass is 9.81. The van der Waals surface area contributed by atoms with E-state index in [2.05, 4.69) is 76.3 Å². The second-order valence-electron chi connectivity index (χ2n) is 25.6. The van der Waals surface area contributed by atoms with E-state index < -0.39 is 35.2 Å². The number of rotatable bonds is 67. The van der Waals surface area contributed by atoms with E-state index in [1.54, 1.807) is 0 Å². The summed E-state index contributed by atoms with van der Waals surface area (Å²) >= 11 is 0. The molecule has 0 aromatic carbocycles. The van der Waals surface area contributed by atoms with Crippen LogP contribution in [0.25, 0.3) is 0 Å². The van der Waals surface area contributed by atoms with Crippen molar-refractivity contribution in [1.82, 2.24) is 4.90 Å². The van der Waals surface area contributed by atoms with Crippen molar-refractivity contribution in [1.29, 1.82) is 0 Å². The molecule has 1 unspecified atom stereocenters. The van der Waals surface area contributed by atoms with Crippen LogP contribution in [-0.4, -0.2) is 60.8 Å². The number of hydrogen-bond acceptors (Lipinski definition) is 7. The van der Waals surface area contributed by atoms with E-state index >= 15 is 9.59 Å². The molecule has 0 rings (SSSR count). The van der Waals surface area contributed by atoms with Crippen LogP contribution in [0, 0.1) is 0 Å². The second kappa shape index (κ2) is 64.7. The van der Waals surface area contributed by atoms with E-state index in [-0.39, 0.29) is 32.2 Å². The number of hydrogen-bond donors (Lipinski definition) is 0. The molecule has 0 radical (unpaired) electrons. The van der Waals surface area contributed by atoms with Gasteiger partial charge in [0, 0.05) is 32.2 Å². The minimum atomic E-state index is -2.18. The number of nitrogens with zero attached hydrogens (tertiary/aromatic N) is 1. The molecule has 490 valence electrons. The summed E-state index contributed by atoms with van der Waals surface area (Å²) in [5, 5.41) is 0. The Balaban J connectivity index is 6.03. The number of carbonyl (C=O) groups excluding carboxylic acids is 4. The van der Waals surface area contributed by atoms with Crippen molar-refractivity contribution in [2.45, 2.75) is 399 Å². The molecule has 0 saturated heterocycles. The molecule has 7 nitrogen and oxygen atoms in total. The third-order valence-corrected chi connectivity index (χ3v) is 17.0. The van der Waals surface area contributed by atoms with Crippen LogP contribution in [0.1, 0.15) is 387 Å². The van der Waals surface area contributed by atoms with Gasteiger partial charge < -0.3 is 14.4 Å². The fraction of sp³-hybridized carbons (Fsp3) is 0.844. The average molecular weight is 1180 g/mol. The zero-order valence-corrected chi connectivity index (χ0v) is 56.9. The maximum absolute atomic E-state index is 15.1. The van der Waals surface area contributed by atoms with E-state index in [0.29, 0.717) is 25.7 Å². The molecule has 84 heavy (non-hydrogen) atoms. The third-order valence-electron chi connectivity index (χ3n) is 17.0. The number of unbranched alkanes of at least 4 members (excludes halogenated alkanes) is 44. The first-order valence-electron chi connectivity index (χ1n) is 36.9. The summed E-state index contributed by atoms with van der Waals surface area (Å²) in [6.45, 7) is 9.17. The van der Waals surface area contributed by atoms with Crippen LogP contribution in [-0.2, 0) is 28.7 Å². The Kier molecular flexibility index (Phi) is 62.5. The van der Waals surface area contributed by atoms with E-state index in [1.165, 1.54) is 167 Å². The lowest BCUT2D eigenvalue weighted by Crippen LogP contribution is -2.62. The molecular formula is C77H141NO6. The summed E-state index contributed by atoms with van der Waals surface area (Å²) in [6, 6.07) is 0. The topological polar surface area (TPSA) is 90.0 Å². The van der Waals surface area contributed by atoms with Gasteiger partial charge in [0.05, 0.1) is 0 Å². The molecule has 0 bridgehead atoms. The Morgan fingerprint density at radius 1 is 0.298 bits per heavy atom. The van der Waals surface area contributed by atoms with Gasteiger partial charge in [-0.3, -0.25) is 19.2 Å². The fourth-order valence-electron chi connectivity index (χ4n) is 11.5. The molecule has 0 N–H and O–H groups in total. The molecule has 0 amide bonds. The molecule has 0 saturated carbocycles. The highest BCUT2D eigenvalue weighted by molar-refractivity contribution is 6.12. The predicted molar refractivity (Wildman–Crippen MR) is 365 cm³/mol. The normalized spacial score (nSPS) is 12.6. The molecule has 0 aliphatic heterocycles. The number of allylic oxidation sites excluding steroid dienone is 8. The first-order chi connectivity index (χ1) is 41.2. The molecule has 0 spiro atoms. The van der Waals surface area contributed by atoms with Crippen LogP contribution in [0.2, 0.25) is 0 Å². The SMILES string of the molecule is CCCCCCCC/C=C\CCCCCCCC(=O)OC(CN(C)C)C(OC(=O)CCCCCCC/C=C\CCCCCCCC)(C(=O)CCCCCCC/C=C\CCCCCCCC)C(=O)CCCCCCC/C=C\CCCCCCCC. The van der Waals surface area contributed by atoms with Crippen LogP contribution in [0.5, 0.6) is 0 Å². The summed E-state index contributed by atoms with van der Waals surface area (Å²) in [5.41, 5.74) is -2.18. The van der Waals surface area contributed by atoms with Gasteiger partial charge in [-0.2, -0.15) is 0 Å².